The Morgan fingerprint density at radius 2 is 1.60 bits per heavy atom. The van der Waals surface area contributed by atoms with Gasteiger partial charge in [-0.3, -0.25) is 4.79 Å². The summed E-state index contributed by atoms with van der Waals surface area (Å²) in [5.41, 5.74) is 8.33. The molecule has 0 radical (unpaired) electrons. The van der Waals surface area contributed by atoms with E-state index in [0.717, 1.165) is 59.6 Å². The van der Waals surface area contributed by atoms with Crippen LogP contribution in [0, 0.1) is 48.5 Å². The fourth-order valence-electron chi connectivity index (χ4n) is 4.44. The number of hydrogen-bond donors (Lipinski definition) is 0. The van der Waals surface area contributed by atoms with Crippen molar-refractivity contribution in [1.29, 1.82) is 0 Å². The Kier molecular flexibility index (Phi) is 6.51. The number of aryl methyl sites for hydroxylation is 1. The maximum absolute atomic E-state index is 12.8. The predicted octanol–water partition coefficient (Wildman–Crippen LogP) is 4.87. The zero-order chi connectivity index (χ0) is 22.2. The van der Waals surface area contributed by atoms with Crippen LogP contribution in [0.15, 0.2) is 6.07 Å². The SMILES string of the molecule is Cc1c(C)c(C)c(C(=O)OCC(=O)c2cc(C)n(C[C@@H]3CCCO3)c2C)c(C)c1C. The molecule has 5 heteroatoms. The summed E-state index contributed by atoms with van der Waals surface area (Å²) in [6.07, 6.45) is 2.34. The second-order valence-electron chi connectivity index (χ2n) is 8.53. The molecular formula is C25H33NO4. The molecule has 1 aliphatic rings. The van der Waals surface area contributed by atoms with Gasteiger partial charge in [0, 0.05) is 30.1 Å². The summed E-state index contributed by atoms with van der Waals surface area (Å²) < 4.78 is 13.3. The number of carbonyl (C=O) groups excluding carboxylic acids is 2. The van der Waals surface area contributed by atoms with E-state index in [1.165, 1.54) is 5.56 Å². The van der Waals surface area contributed by atoms with Gasteiger partial charge < -0.3 is 14.0 Å². The first-order valence-electron chi connectivity index (χ1n) is 10.7. The molecule has 1 aromatic carbocycles. The summed E-state index contributed by atoms with van der Waals surface area (Å²) in [6.45, 7) is 15.2. The van der Waals surface area contributed by atoms with E-state index in [-0.39, 0.29) is 18.5 Å². The first-order chi connectivity index (χ1) is 14.1. The van der Waals surface area contributed by atoms with Crippen LogP contribution in [0.5, 0.6) is 0 Å². The molecule has 1 saturated heterocycles. The standard InChI is InChI=1S/C25H33NO4/c1-14-11-22(20(7)26(14)12-21-9-8-10-29-21)23(27)13-30-25(28)24-18(5)16(3)15(2)17(4)19(24)6/h11,21H,8-10,12-13H2,1-7H3/t21-/m0/s1. The van der Waals surface area contributed by atoms with Crippen molar-refractivity contribution < 1.29 is 19.1 Å². The Hall–Kier alpha value is -2.40. The minimum atomic E-state index is -0.433. The van der Waals surface area contributed by atoms with Gasteiger partial charge in [0.15, 0.2) is 6.61 Å². The highest BCUT2D eigenvalue weighted by Crippen LogP contribution is 2.27. The third kappa shape index (κ3) is 4.08. The van der Waals surface area contributed by atoms with E-state index >= 15 is 0 Å². The predicted molar refractivity (Wildman–Crippen MR) is 118 cm³/mol. The molecule has 1 aromatic heterocycles. The number of ketones is 1. The number of Topliss-reactive ketones (excluding diaryl/α,β-unsaturated/α-hetero) is 1. The average molecular weight is 412 g/mol. The molecule has 1 fully saturated rings. The van der Waals surface area contributed by atoms with Gasteiger partial charge in [-0.15, -0.1) is 0 Å². The lowest BCUT2D eigenvalue weighted by Gasteiger charge is -2.17. The van der Waals surface area contributed by atoms with Crippen molar-refractivity contribution in [3.8, 4) is 0 Å². The number of nitrogens with zero attached hydrogens (tertiary/aromatic N) is 1. The van der Waals surface area contributed by atoms with E-state index in [9.17, 15) is 9.59 Å². The number of benzene rings is 1. The minimum absolute atomic E-state index is 0.175. The summed E-state index contributed by atoms with van der Waals surface area (Å²) in [5, 5.41) is 0. The molecule has 2 heterocycles. The number of ether oxygens (including phenoxy) is 2. The topological polar surface area (TPSA) is 57.5 Å². The van der Waals surface area contributed by atoms with E-state index < -0.39 is 5.97 Å². The van der Waals surface area contributed by atoms with Crippen molar-refractivity contribution in [3.63, 3.8) is 0 Å². The van der Waals surface area contributed by atoms with Crippen LogP contribution in [0.2, 0.25) is 0 Å². The average Bonchev–Trinajstić information content (AvgIpc) is 3.33. The van der Waals surface area contributed by atoms with Crippen LogP contribution in [-0.2, 0) is 16.0 Å². The van der Waals surface area contributed by atoms with Gasteiger partial charge in [-0.1, -0.05) is 0 Å². The smallest absolute Gasteiger partial charge is 0.339 e. The van der Waals surface area contributed by atoms with E-state index in [1.54, 1.807) is 0 Å². The molecule has 1 aliphatic heterocycles. The van der Waals surface area contributed by atoms with Crippen LogP contribution in [0.1, 0.15) is 72.8 Å². The number of carbonyl (C=O) groups is 2. The van der Waals surface area contributed by atoms with Crippen LogP contribution in [-0.4, -0.2) is 35.6 Å². The molecule has 0 amide bonds. The lowest BCUT2D eigenvalue weighted by atomic mass is 9.90. The Morgan fingerprint density at radius 1 is 1.00 bits per heavy atom. The Labute approximate surface area is 179 Å². The van der Waals surface area contributed by atoms with E-state index in [2.05, 4.69) is 11.5 Å². The summed E-state index contributed by atoms with van der Waals surface area (Å²) in [6, 6.07) is 1.89. The number of esters is 1. The maximum atomic E-state index is 12.8. The molecule has 3 rings (SSSR count). The summed E-state index contributed by atoms with van der Waals surface area (Å²) in [7, 11) is 0. The summed E-state index contributed by atoms with van der Waals surface area (Å²) in [4.78, 5) is 25.7. The molecule has 5 nitrogen and oxygen atoms in total. The molecule has 0 N–H and O–H groups in total. The molecular weight excluding hydrogens is 378 g/mol. The van der Waals surface area contributed by atoms with Crippen LogP contribution in [0.3, 0.4) is 0 Å². The quantitative estimate of drug-likeness (QED) is 0.503. The van der Waals surface area contributed by atoms with Crippen LogP contribution in [0.25, 0.3) is 0 Å². The second-order valence-corrected chi connectivity index (χ2v) is 8.53. The van der Waals surface area contributed by atoms with Gasteiger partial charge in [0.05, 0.1) is 11.7 Å². The van der Waals surface area contributed by atoms with Crippen LogP contribution >= 0.6 is 0 Å². The molecule has 0 unspecified atom stereocenters. The molecule has 162 valence electrons. The lowest BCUT2D eigenvalue weighted by molar-refractivity contribution is 0.0472. The number of hydrogen-bond acceptors (Lipinski definition) is 4. The van der Waals surface area contributed by atoms with Crippen molar-refractivity contribution in [1.82, 2.24) is 4.57 Å². The van der Waals surface area contributed by atoms with Crippen molar-refractivity contribution >= 4 is 11.8 Å². The summed E-state index contributed by atoms with van der Waals surface area (Å²) in [5.74, 6) is -0.608. The maximum Gasteiger partial charge on any atom is 0.339 e. The first kappa shape index (κ1) is 22.3. The fraction of sp³-hybridized carbons (Fsp3) is 0.520. The molecule has 2 aromatic rings. The molecule has 1 atom stereocenters. The van der Waals surface area contributed by atoms with Crippen molar-refractivity contribution in [2.75, 3.05) is 13.2 Å². The minimum Gasteiger partial charge on any atom is -0.454 e. The van der Waals surface area contributed by atoms with Gasteiger partial charge in [-0.2, -0.15) is 0 Å². The highest BCUT2D eigenvalue weighted by Gasteiger charge is 2.23. The Morgan fingerprint density at radius 3 is 2.17 bits per heavy atom. The normalized spacial score (nSPS) is 16.2. The zero-order valence-corrected chi connectivity index (χ0v) is 19.3. The molecule has 30 heavy (non-hydrogen) atoms. The monoisotopic (exact) mass is 411 g/mol. The second kappa shape index (κ2) is 8.76. The number of rotatable bonds is 6. The molecule has 0 bridgehead atoms. The van der Waals surface area contributed by atoms with Crippen molar-refractivity contribution in [3.05, 3.63) is 56.4 Å². The van der Waals surface area contributed by atoms with Gasteiger partial charge in [0.25, 0.3) is 0 Å². The molecule has 0 aliphatic carbocycles. The van der Waals surface area contributed by atoms with Gasteiger partial charge in [-0.25, -0.2) is 4.79 Å². The van der Waals surface area contributed by atoms with E-state index in [1.807, 2.05) is 47.6 Å². The van der Waals surface area contributed by atoms with Gasteiger partial charge >= 0.3 is 5.97 Å². The van der Waals surface area contributed by atoms with E-state index in [0.29, 0.717) is 11.1 Å². The van der Waals surface area contributed by atoms with Crippen molar-refractivity contribution in [2.45, 2.75) is 74.0 Å². The Bertz CT molecular complexity index is 964. The lowest BCUT2D eigenvalue weighted by Crippen LogP contribution is -2.19. The molecule has 0 saturated carbocycles. The largest absolute Gasteiger partial charge is 0.454 e. The van der Waals surface area contributed by atoms with Gasteiger partial charge in [0.1, 0.15) is 0 Å². The Balaban J connectivity index is 1.74. The van der Waals surface area contributed by atoms with Crippen molar-refractivity contribution in [2.24, 2.45) is 0 Å². The highest BCUT2D eigenvalue weighted by molar-refractivity contribution is 6.01. The van der Waals surface area contributed by atoms with Crippen LogP contribution < -0.4 is 0 Å². The fourth-order valence-corrected chi connectivity index (χ4v) is 4.44. The zero-order valence-electron chi connectivity index (χ0n) is 19.3. The summed E-state index contributed by atoms with van der Waals surface area (Å²) >= 11 is 0. The van der Waals surface area contributed by atoms with Gasteiger partial charge in [-0.05, 0) is 95.2 Å². The van der Waals surface area contributed by atoms with Gasteiger partial charge in [0.2, 0.25) is 5.78 Å². The number of aromatic nitrogens is 1. The van der Waals surface area contributed by atoms with Crippen LogP contribution in [0.4, 0.5) is 0 Å². The third-order valence-corrected chi connectivity index (χ3v) is 6.82. The third-order valence-electron chi connectivity index (χ3n) is 6.82. The first-order valence-corrected chi connectivity index (χ1v) is 10.7. The highest BCUT2D eigenvalue weighted by atomic mass is 16.5. The molecule has 0 spiro atoms. The van der Waals surface area contributed by atoms with E-state index in [4.69, 9.17) is 9.47 Å².